The third-order valence-electron chi connectivity index (χ3n) is 4.86. The zero-order valence-electron chi connectivity index (χ0n) is 16.9. The van der Waals surface area contributed by atoms with Gasteiger partial charge in [0.15, 0.2) is 0 Å². The van der Waals surface area contributed by atoms with Crippen LogP contribution in [0.2, 0.25) is 0 Å². The van der Waals surface area contributed by atoms with E-state index in [1.54, 1.807) is 7.11 Å². The molecule has 0 spiro atoms. The number of methoxy groups -OCH3 is 1. The van der Waals surface area contributed by atoms with Gasteiger partial charge in [-0.15, -0.1) is 0 Å². The van der Waals surface area contributed by atoms with E-state index in [1.165, 1.54) is 6.07 Å². The molecule has 2 aromatic rings. The number of aromatic amines is 1. The molecule has 0 radical (unpaired) electrons. The van der Waals surface area contributed by atoms with Gasteiger partial charge in [-0.25, -0.2) is 4.79 Å². The molecule has 9 nitrogen and oxygen atoms in total. The van der Waals surface area contributed by atoms with Crippen molar-refractivity contribution in [2.75, 3.05) is 20.3 Å². The molecule has 1 fully saturated rings. The van der Waals surface area contributed by atoms with E-state index in [0.29, 0.717) is 31.6 Å². The van der Waals surface area contributed by atoms with Crippen molar-refractivity contribution in [1.29, 1.82) is 0 Å². The van der Waals surface area contributed by atoms with E-state index in [0.717, 1.165) is 37.8 Å². The third-order valence-corrected chi connectivity index (χ3v) is 4.86. The molecule has 1 N–H and O–H groups in total. The first-order valence-electron chi connectivity index (χ1n) is 10.0. The zero-order valence-corrected chi connectivity index (χ0v) is 16.9. The number of nitrogens with zero attached hydrogens (tertiary/aromatic N) is 2. The Morgan fingerprint density at radius 2 is 2.07 bits per heavy atom. The molecule has 1 aliphatic carbocycles. The average molecular weight is 405 g/mol. The van der Waals surface area contributed by atoms with Gasteiger partial charge in [0.25, 0.3) is 5.56 Å². The number of hydrogen-bond donors (Lipinski definition) is 1. The molecule has 2 heterocycles. The summed E-state index contributed by atoms with van der Waals surface area (Å²) in [6, 6.07) is 1.23. The van der Waals surface area contributed by atoms with Gasteiger partial charge in [0.05, 0.1) is 11.8 Å². The molecule has 0 aromatic carbocycles. The molecular formula is C20H27N3O6. The standard InChI is InChI=1S/C20H27N3O6/c1-3-10-27-11-4-5-13-12-16(24)28-19-17(13)18(25)21-20(22-19)29-23-14-6-8-15(26-2)9-7-14/h12,15H,3-11H2,1-2H3,(H,21,22,25). The van der Waals surface area contributed by atoms with Crippen molar-refractivity contribution in [3.8, 4) is 6.01 Å². The predicted molar refractivity (Wildman–Crippen MR) is 108 cm³/mol. The fourth-order valence-electron chi connectivity index (χ4n) is 3.34. The van der Waals surface area contributed by atoms with Crippen molar-refractivity contribution in [1.82, 2.24) is 9.97 Å². The van der Waals surface area contributed by atoms with Crippen molar-refractivity contribution in [3.05, 3.63) is 32.4 Å². The number of rotatable bonds is 9. The van der Waals surface area contributed by atoms with Crippen LogP contribution in [-0.4, -0.2) is 42.1 Å². The lowest BCUT2D eigenvalue weighted by Crippen LogP contribution is -2.21. The minimum Gasteiger partial charge on any atom is -0.403 e. The van der Waals surface area contributed by atoms with Crippen molar-refractivity contribution >= 4 is 16.8 Å². The van der Waals surface area contributed by atoms with E-state index in [4.69, 9.17) is 18.7 Å². The van der Waals surface area contributed by atoms with Crippen LogP contribution in [-0.2, 0) is 15.9 Å². The number of nitrogens with one attached hydrogen (secondary N) is 1. The largest absolute Gasteiger partial charge is 0.403 e. The van der Waals surface area contributed by atoms with Gasteiger partial charge in [0.2, 0.25) is 5.71 Å². The molecule has 3 rings (SSSR count). The van der Waals surface area contributed by atoms with Gasteiger partial charge in [-0.3, -0.25) is 9.78 Å². The molecule has 1 aliphatic rings. The van der Waals surface area contributed by atoms with Gasteiger partial charge in [-0.1, -0.05) is 12.1 Å². The number of hydrogen-bond acceptors (Lipinski definition) is 8. The summed E-state index contributed by atoms with van der Waals surface area (Å²) >= 11 is 0. The van der Waals surface area contributed by atoms with Crippen LogP contribution in [0.4, 0.5) is 0 Å². The van der Waals surface area contributed by atoms with E-state index in [1.807, 2.05) is 6.92 Å². The molecule has 29 heavy (non-hydrogen) atoms. The Bertz CT molecular complexity index is 955. The quantitative estimate of drug-likeness (QED) is 0.503. The lowest BCUT2D eigenvalue weighted by Gasteiger charge is -2.20. The number of H-pyrrole nitrogens is 1. The highest BCUT2D eigenvalue weighted by atomic mass is 16.6. The molecule has 0 unspecified atom stereocenters. The molecule has 9 heteroatoms. The molecule has 0 aliphatic heterocycles. The Morgan fingerprint density at radius 3 is 2.79 bits per heavy atom. The van der Waals surface area contributed by atoms with Crippen LogP contribution in [0.1, 0.15) is 51.0 Å². The predicted octanol–water partition coefficient (Wildman–Crippen LogP) is 2.56. The van der Waals surface area contributed by atoms with E-state index < -0.39 is 11.2 Å². The lowest BCUT2D eigenvalue weighted by molar-refractivity contribution is 0.0856. The minimum absolute atomic E-state index is 0.0518. The summed E-state index contributed by atoms with van der Waals surface area (Å²) in [5.74, 6) is 0. The Morgan fingerprint density at radius 1 is 1.28 bits per heavy atom. The molecule has 0 amide bonds. The van der Waals surface area contributed by atoms with Crippen LogP contribution in [0, 0.1) is 0 Å². The molecule has 0 saturated heterocycles. The smallest absolute Gasteiger partial charge is 0.337 e. The second-order valence-electron chi connectivity index (χ2n) is 7.04. The summed E-state index contributed by atoms with van der Waals surface area (Å²) in [6.07, 6.45) is 5.66. The minimum atomic E-state index is -0.560. The molecule has 2 aromatic heterocycles. The number of ether oxygens (including phenoxy) is 2. The maximum atomic E-state index is 12.6. The second kappa shape index (κ2) is 10.3. The monoisotopic (exact) mass is 405 g/mol. The first-order valence-corrected chi connectivity index (χ1v) is 10.0. The fourth-order valence-corrected chi connectivity index (χ4v) is 3.34. The van der Waals surface area contributed by atoms with Gasteiger partial charge in [-0.05, 0) is 50.5 Å². The number of aromatic nitrogens is 2. The number of aryl methyl sites for hydroxylation is 1. The second-order valence-corrected chi connectivity index (χ2v) is 7.04. The van der Waals surface area contributed by atoms with Crippen LogP contribution >= 0.6 is 0 Å². The van der Waals surface area contributed by atoms with Crippen LogP contribution < -0.4 is 16.0 Å². The molecule has 158 valence electrons. The van der Waals surface area contributed by atoms with Crippen LogP contribution in [0.25, 0.3) is 11.1 Å². The maximum absolute atomic E-state index is 12.6. The zero-order chi connectivity index (χ0) is 20.6. The Labute approximate surface area is 168 Å². The van der Waals surface area contributed by atoms with E-state index in [-0.39, 0.29) is 23.2 Å². The van der Waals surface area contributed by atoms with Gasteiger partial charge in [0.1, 0.15) is 5.39 Å². The van der Waals surface area contributed by atoms with Crippen molar-refractivity contribution in [2.24, 2.45) is 5.16 Å². The van der Waals surface area contributed by atoms with Gasteiger partial charge < -0.3 is 18.7 Å². The normalized spacial score (nSPS) is 16.9. The summed E-state index contributed by atoms with van der Waals surface area (Å²) in [5, 5.41) is 4.34. The highest BCUT2D eigenvalue weighted by Crippen LogP contribution is 2.19. The van der Waals surface area contributed by atoms with Crippen molar-refractivity contribution in [2.45, 2.75) is 58.0 Å². The summed E-state index contributed by atoms with van der Waals surface area (Å²) in [6.45, 7) is 3.29. The van der Waals surface area contributed by atoms with Crippen LogP contribution in [0.5, 0.6) is 6.01 Å². The molecule has 0 bridgehead atoms. The highest BCUT2D eigenvalue weighted by Gasteiger charge is 2.18. The topological polar surface area (TPSA) is 116 Å². The Balaban J connectivity index is 1.75. The van der Waals surface area contributed by atoms with Gasteiger partial charge in [0, 0.05) is 26.4 Å². The summed E-state index contributed by atoms with van der Waals surface area (Å²) < 4.78 is 15.9. The SMILES string of the molecule is CCCOCCCc1cc(=O)oc2nc(ON=C3CCC(OC)CC3)[nH]c(=O)c12. The van der Waals surface area contributed by atoms with Crippen molar-refractivity contribution in [3.63, 3.8) is 0 Å². The molecule has 0 atom stereocenters. The first kappa shape index (κ1) is 21.2. The van der Waals surface area contributed by atoms with Crippen molar-refractivity contribution < 1.29 is 18.7 Å². The summed E-state index contributed by atoms with van der Waals surface area (Å²) in [4.78, 5) is 36.5. The van der Waals surface area contributed by atoms with Crippen LogP contribution in [0.15, 0.2) is 25.2 Å². The molecular weight excluding hydrogens is 378 g/mol. The third kappa shape index (κ3) is 5.74. The van der Waals surface area contributed by atoms with E-state index in [2.05, 4.69) is 15.1 Å². The highest BCUT2D eigenvalue weighted by molar-refractivity contribution is 5.84. The van der Waals surface area contributed by atoms with Crippen LogP contribution in [0.3, 0.4) is 0 Å². The molecule has 1 saturated carbocycles. The summed E-state index contributed by atoms with van der Waals surface area (Å²) in [7, 11) is 1.70. The number of oxime groups is 1. The first-order chi connectivity index (χ1) is 14.1. The number of fused-ring (bicyclic) bond motifs is 1. The van der Waals surface area contributed by atoms with Gasteiger partial charge >= 0.3 is 11.6 Å². The lowest BCUT2D eigenvalue weighted by atomic mass is 9.96. The average Bonchev–Trinajstić information content (AvgIpc) is 2.71. The van der Waals surface area contributed by atoms with E-state index >= 15 is 0 Å². The Hall–Kier alpha value is -2.52. The fraction of sp³-hybridized carbons (Fsp3) is 0.600. The van der Waals surface area contributed by atoms with Gasteiger partial charge in [-0.2, -0.15) is 4.98 Å². The summed E-state index contributed by atoms with van der Waals surface area (Å²) in [5.41, 5.74) is 0.421. The maximum Gasteiger partial charge on any atom is 0.337 e. The van der Waals surface area contributed by atoms with E-state index in [9.17, 15) is 9.59 Å². The Kier molecular flexibility index (Phi) is 7.54.